The Bertz CT molecular complexity index is 1020. The molecule has 3 aliphatic heterocycles. The number of ether oxygens (including phenoxy) is 1. The number of amides is 3. The predicted octanol–water partition coefficient (Wildman–Crippen LogP) is 2.23. The predicted molar refractivity (Wildman–Crippen MR) is 123 cm³/mol. The van der Waals surface area contributed by atoms with E-state index in [4.69, 9.17) is 4.74 Å². The van der Waals surface area contributed by atoms with Crippen LogP contribution >= 0.6 is 0 Å². The zero-order valence-electron chi connectivity index (χ0n) is 19.0. The van der Waals surface area contributed by atoms with Gasteiger partial charge in [0.2, 0.25) is 17.7 Å². The molecule has 2 N–H and O–H groups in total. The van der Waals surface area contributed by atoms with Crippen LogP contribution in [-0.4, -0.2) is 53.0 Å². The van der Waals surface area contributed by atoms with Gasteiger partial charge in [0.05, 0.1) is 17.9 Å². The van der Waals surface area contributed by atoms with Crippen LogP contribution in [0.15, 0.2) is 49.1 Å². The Hall–Kier alpha value is -3.00. The molecule has 4 aliphatic rings. The lowest BCUT2D eigenvalue weighted by molar-refractivity contribution is -0.141. The van der Waals surface area contributed by atoms with Crippen LogP contribution in [0.25, 0.3) is 0 Å². The van der Waals surface area contributed by atoms with E-state index in [1.54, 1.807) is 30.4 Å². The fourth-order valence-corrected chi connectivity index (χ4v) is 6.04. The number of benzene rings is 1. The molecule has 5 atom stereocenters. The molecule has 3 heterocycles. The molecule has 1 aromatic carbocycles. The second-order valence-corrected chi connectivity index (χ2v) is 9.67. The summed E-state index contributed by atoms with van der Waals surface area (Å²) in [5.74, 6) is -2.68. The van der Waals surface area contributed by atoms with E-state index in [1.807, 2.05) is 0 Å². The first-order valence-electron chi connectivity index (χ1n) is 12.1. The SMILES string of the molecule is C=CCN1C(=O)[C@@H]2[C@H](C(=O)NCc3ccc(F)cc3)[C@H]3C=C[C@@]2(O3)[C@@H]1C(=O)NC1CCCCC1. The van der Waals surface area contributed by atoms with Crippen molar-refractivity contribution in [2.45, 2.75) is 62.4 Å². The van der Waals surface area contributed by atoms with Crippen molar-refractivity contribution in [1.82, 2.24) is 15.5 Å². The number of hydrogen-bond acceptors (Lipinski definition) is 4. The molecule has 0 unspecified atom stereocenters. The Labute approximate surface area is 198 Å². The van der Waals surface area contributed by atoms with Crippen molar-refractivity contribution in [3.63, 3.8) is 0 Å². The van der Waals surface area contributed by atoms with Gasteiger partial charge in [-0.2, -0.15) is 0 Å². The molecule has 2 bridgehead atoms. The van der Waals surface area contributed by atoms with E-state index >= 15 is 0 Å². The summed E-state index contributed by atoms with van der Waals surface area (Å²) >= 11 is 0. The number of halogens is 1. The number of nitrogens with one attached hydrogen (secondary N) is 2. The highest BCUT2D eigenvalue weighted by atomic mass is 19.1. The molecule has 1 aliphatic carbocycles. The van der Waals surface area contributed by atoms with Gasteiger partial charge in [0.15, 0.2) is 0 Å². The summed E-state index contributed by atoms with van der Waals surface area (Å²) in [6.45, 7) is 4.16. The molecule has 3 fully saturated rings. The Balaban J connectivity index is 1.37. The number of nitrogens with zero attached hydrogens (tertiary/aromatic N) is 1. The number of carbonyl (C=O) groups excluding carboxylic acids is 3. The van der Waals surface area contributed by atoms with Crippen molar-refractivity contribution in [3.05, 3.63) is 60.5 Å². The second kappa shape index (κ2) is 8.98. The number of likely N-dealkylation sites (tertiary alicyclic amines) is 1. The molecule has 0 radical (unpaired) electrons. The van der Waals surface area contributed by atoms with E-state index < -0.39 is 29.6 Å². The normalized spacial score (nSPS) is 32.0. The van der Waals surface area contributed by atoms with Crippen LogP contribution in [0.4, 0.5) is 4.39 Å². The van der Waals surface area contributed by atoms with Crippen molar-refractivity contribution < 1.29 is 23.5 Å². The minimum atomic E-state index is -1.17. The van der Waals surface area contributed by atoms with Crippen molar-refractivity contribution >= 4 is 17.7 Å². The average Bonchev–Trinajstić information content (AvgIpc) is 3.47. The zero-order chi connectivity index (χ0) is 23.9. The van der Waals surface area contributed by atoms with E-state index in [0.717, 1.165) is 31.2 Å². The van der Waals surface area contributed by atoms with Crippen molar-refractivity contribution in [3.8, 4) is 0 Å². The molecule has 180 valence electrons. The van der Waals surface area contributed by atoms with Crippen LogP contribution in [-0.2, 0) is 25.7 Å². The highest BCUT2D eigenvalue weighted by Gasteiger charge is 2.72. The van der Waals surface area contributed by atoms with Crippen LogP contribution < -0.4 is 10.6 Å². The van der Waals surface area contributed by atoms with Crippen LogP contribution in [0.1, 0.15) is 37.7 Å². The van der Waals surface area contributed by atoms with E-state index in [1.165, 1.54) is 23.5 Å². The van der Waals surface area contributed by atoms with Crippen LogP contribution in [0, 0.1) is 17.7 Å². The smallest absolute Gasteiger partial charge is 0.246 e. The third-order valence-electron chi connectivity index (χ3n) is 7.58. The highest BCUT2D eigenvalue weighted by molar-refractivity contribution is 6.00. The average molecular weight is 468 g/mol. The molecule has 2 saturated heterocycles. The van der Waals surface area contributed by atoms with Gasteiger partial charge in [-0.3, -0.25) is 14.4 Å². The van der Waals surface area contributed by atoms with Gasteiger partial charge < -0.3 is 20.3 Å². The van der Waals surface area contributed by atoms with E-state index in [0.29, 0.717) is 0 Å². The van der Waals surface area contributed by atoms with Gasteiger partial charge in [-0.05, 0) is 30.5 Å². The van der Waals surface area contributed by atoms with E-state index in [9.17, 15) is 18.8 Å². The van der Waals surface area contributed by atoms with Gasteiger partial charge in [-0.25, -0.2) is 4.39 Å². The molecule has 5 rings (SSSR count). The Morgan fingerprint density at radius 3 is 2.62 bits per heavy atom. The fourth-order valence-electron chi connectivity index (χ4n) is 6.04. The number of fused-ring (bicyclic) bond motifs is 1. The van der Waals surface area contributed by atoms with Crippen molar-refractivity contribution in [2.24, 2.45) is 11.8 Å². The van der Waals surface area contributed by atoms with Crippen molar-refractivity contribution in [1.29, 1.82) is 0 Å². The number of rotatable bonds is 7. The molecule has 7 nitrogen and oxygen atoms in total. The molecule has 8 heteroatoms. The van der Waals surface area contributed by atoms with E-state index in [2.05, 4.69) is 17.2 Å². The van der Waals surface area contributed by atoms with Gasteiger partial charge in [0.25, 0.3) is 0 Å². The quantitative estimate of drug-likeness (QED) is 0.602. The summed E-state index contributed by atoms with van der Waals surface area (Å²) in [6, 6.07) is 5.13. The van der Waals surface area contributed by atoms with Gasteiger partial charge in [0, 0.05) is 19.1 Å². The first-order chi connectivity index (χ1) is 16.4. The molecule has 1 saturated carbocycles. The first-order valence-corrected chi connectivity index (χ1v) is 12.1. The Kier molecular flexibility index (Phi) is 6.02. The van der Waals surface area contributed by atoms with Gasteiger partial charge in [0.1, 0.15) is 17.5 Å². The third kappa shape index (κ3) is 3.74. The lowest BCUT2D eigenvalue weighted by Gasteiger charge is -2.33. The molecule has 1 aromatic rings. The minimum Gasteiger partial charge on any atom is -0.359 e. The summed E-state index contributed by atoms with van der Waals surface area (Å²) in [5.41, 5.74) is -0.415. The molecule has 0 aromatic heterocycles. The van der Waals surface area contributed by atoms with Crippen LogP contribution in [0.5, 0.6) is 0 Å². The number of carbonyl (C=O) groups is 3. The maximum absolute atomic E-state index is 13.6. The minimum absolute atomic E-state index is 0.0924. The summed E-state index contributed by atoms with van der Waals surface area (Å²) in [4.78, 5) is 41.8. The summed E-state index contributed by atoms with van der Waals surface area (Å²) in [7, 11) is 0. The van der Waals surface area contributed by atoms with Gasteiger partial charge >= 0.3 is 0 Å². The summed E-state index contributed by atoms with van der Waals surface area (Å²) in [6.07, 6.45) is 9.80. The monoisotopic (exact) mass is 467 g/mol. The molecular formula is C26H30FN3O4. The van der Waals surface area contributed by atoms with Gasteiger partial charge in [-0.1, -0.05) is 49.6 Å². The molecular weight excluding hydrogens is 437 g/mol. The topological polar surface area (TPSA) is 87.7 Å². The maximum Gasteiger partial charge on any atom is 0.246 e. The van der Waals surface area contributed by atoms with Crippen LogP contribution in [0.3, 0.4) is 0 Å². The molecule has 34 heavy (non-hydrogen) atoms. The molecule has 3 amide bonds. The first kappa shape index (κ1) is 22.8. The number of hydrogen-bond donors (Lipinski definition) is 2. The summed E-state index contributed by atoms with van der Waals surface area (Å²) in [5, 5.41) is 6.01. The standard InChI is InChI=1S/C26H30FN3O4/c1-2-14-30-22(24(32)29-18-6-4-3-5-7-18)26-13-12-19(34-26)20(21(26)25(30)33)23(31)28-15-16-8-10-17(27)11-9-16/h2,8-13,18-22H,1,3-7,14-15H2,(H,28,31)(H,29,32)/t19-,20-,21+,22+,26+/m1/s1. The van der Waals surface area contributed by atoms with Crippen LogP contribution in [0.2, 0.25) is 0 Å². The third-order valence-corrected chi connectivity index (χ3v) is 7.58. The zero-order valence-corrected chi connectivity index (χ0v) is 19.0. The van der Waals surface area contributed by atoms with Gasteiger partial charge in [-0.15, -0.1) is 6.58 Å². The maximum atomic E-state index is 13.6. The highest BCUT2D eigenvalue weighted by Crippen LogP contribution is 2.55. The fraction of sp³-hybridized carbons (Fsp3) is 0.500. The molecule has 1 spiro atoms. The Morgan fingerprint density at radius 1 is 1.18 bits per heavy atom. The largest absolute Gasteiger partial charge is 0.359 e. The Morgan fingerprint density at radius 2 is 1.91 bits per heavy atom. The van der Waals surface area contributed by atoms with Crippen molar-refractivity contribution in [2.75, 3.05) is 6.54 Å². The lowest BCUT2D eigenvalue weighted by atomic mass is 9.74. The second-order valence-electron chi connectivity index (χ2n) is 9.67. The summed E-state index contributed by atoms with van der Waals surface area (Å²) < 4.78 is 19.5. The van der Waals surface area contributed by atoms with E-state index in [-0.39, 0.29) is 42.7 Å². The lowest BCUT2D eigenvalue weighted by Crippen LogP contribution is -2.56.